The largest absolute Gasteiger partial charge is 0.249 e. The Morgan fingerprint density at radius 3 is 2.92 bits per heavy atom. The molecule has 0 unspecified atom stereocenters. The van der Waals surface area contributed by atoms with Crippen molar-refractivity contribution in [3.8, 4) is 0 Å². The van der Waals surface area contributed by atoms with Gasteiger partial charge in [-0.15, -0.1) is 0 Å². The van der Waals surface area contributed by atoms with Crippen LogP contribution in [0.4, 0.5) is 0 Å². The van der Waals surface area contributed by atoms with Crippen molar-refractivity contribution in [3.63, 3.8) is 0 Å². The van der Waals surface area contributed by atoms with E-state index in [4.69, 9.17) is 0 Å². The van der Waals surface area contributed by atoms with Gasteiger partial charge >= 0.3 is 0 Å². The van der Waals surface area contributed by atoms with E-state index in [0.717, 1.165) is 17.0 Å². The molecule has 12 heavy (non-hydrogen) atoms. The van der Waals surface area contributed by atoms with Crippen LogP contribution in [0.2, 0.25) is 0 Å². The Labute approximate surface area is 78.0 Å². The highest BCUT2D eigenvalue weighted by molar-refractivity contribution is 8.18. The van der Waals surface area contributed by atoms with E-state index in [1.165, 1.54) is 4.91 Å². The third kappa shape index (κ3) is 2.11. The quantitative estimate of drug-likeness (QED) is 0.632. The number of nitrogens with zero attached hydrogens (tertiary/aromatic N) is 1. The van der Waals surface area contributed by atoms with E-state index >= 15 is 0 Å². The van der Waals surface area contributed by atoms with E-state index in [1.54, 1.807) is 18.0 Å². The molecule has 64 valence electrons. The minimum atomic E-state index is 1.03. The molecule has 0 bridgehead atoms. The zero-order valence-electron chi connectivity index (χ0n) is 7.50. The van der Waals surface area contributed by atoms with Gasteiger partial charge in [-0.05, 0) is 24.3 Å². The number of rotatable bonds is 2. The second-order valence-electron chi connectivity index (χ2n) is 2.51. The summed E-state index contributed by atoms with van der Waals surface area (Å²) in [6.45, 7) is 8.03. The molecule has 0 aliphatic carbocycles. The Kier molecular flexibility index (Phi) is 3.35. The standard InChI is InChI=1S/C10H13NS/c1-4-6-11-10-8(3)7-9(5-2)12-10/h4,6-7H,3,5H2,1-2H3/b6-4-,11-10?. The minimum Gasteiger partial charge on any atom is -0.249 e. The maximum Gasteiger partial charge on any atom is 0.107 e. The molecule has 0 saturated heterocycles. The summed E-state index contributed by atoms with van der Waals surface area (Å²) in [5, 5.41) is 1.03. The third-order valence-electron chi connectivity index (χ3n) is 1.53. The number of aliphatic imine (C=N–C) groups is 1. The van der Waals surface area contributed by atoms with Gasteiger partial charge in [0.15, 0.2) is 0 Å². The van der Waals surface area contributed by atoms with Crippen LogP contribution >= 0.6 is 11.8 Å². The van der Waals surface area contributed by atoms with Gasteiger partial charge < -0.3 is 0 Å². The molecule has 1 heterocycles. The zero-order valence-corrected chi connectivity index (χ0v) is 8.32. The summed E-state index contributed by atoms with van der Waals surface area (Å²) in [4.78, 5) is 5.62. The van der Waals surface area contributed by atoms with Crippen molar-refractivity contribution < 1.29 is 0 Å². The van der Waals surface area contributed by atoms with Gasteiger partial charge in [-0.3, -0.25) is 0 Å². The molecule has 1 rings (SSSR count). The van der Waals surface area contributed by atoms with Crippen LogP contribution in [-0.2, 0) is 0 Å². The highest BCUT2D eigenvalue weighted by Crippen LogP contribution is 2.32. The van der Waals surface area contributed by atoms with Gasteiger partial charge in [0.05, 0.1) is 0 Å². The molecule has 1 aliphatic heterocycles. The summed E-state index contributed by atoms with van der Waals surface area (Å²) >= 11 is 1.72. The fourth-order valence-corrected chi connectivity index (χ4v) is 1.80. The SMILES string of the molecule is C=C1C=C(CC)SC1=N/C=C\C. The Morgan fingerprint density at radius 2 is 2.42 bits per heavy atom. The molecule has 1 nitrogen and oxygen atoms in total. The van der Waals surface area contributed by atoms with E-state index in [0.29, 0.717) is 0 Å². The van der Waals surface area contributed by atoms with Gasteiger partial charge in [0, 0.05) is 11.8 Å². The lowest BCUT2D eigenvalue weighted by molar-refractivity contribution is 1.20. The van der Waals surface area contributed by atoms with Gasteiger partial charge in [-0.2, -0.15) is 0 Å². The van der Waals surface area contributed by atoms with Crippen molar-refractivity contribution >= 4 is 16.8 Å². The number of thioether (sulfide) groups is 1. The number of allylic oxidation sites excluding steroid dienone is 3. The first kappa shape index (κ1) is 9.33. The molecule has 0 N–H and O–H groups in total. The number of hydrogen-bond donors (Lipinski definition) is 0. The molecule has 0 saturated carbocycles. The van der Waals surface area contributed by atoms with E-state index < -0.39 is 0 Å². The Hall–Kier alpha value is -0.760. The predicted octanol–water partition coefficient (Wildman–Crippen LogP) is 3.52. The first-order valence-corrected chi connectivity index (χ1v) is 4.86. The maximum atomic E-state index is 4.27. The van der Waals surface area contributed by atoms with Gasteiger partial charge in [0.2, 0.25) is 0 Å². The topological polar surface area (TPSA) is 12.4 Å². The average Bonchev–Trinajstić information content (AvgIpc) is 2.43. The molecule has 0 atom stereocenters. The Balaban J connectivity index is 2.71. The highest BCUT2D eigenvalue weighted by atomic mass is 32.2. The zero-order chi connectivity index (χ0) is 8.97. The number of hydrogen-bond acceptors (Lipinski definition) is 2. The highest BCUT2D eigenvalue weighted by Gasteiger charge is 2.13. The monoisotopic (exact) mass is 179 g/mol. The predicted molar refractivity (Wildman–Crippen MR) is 57.4 cm³/mol. The molecule has 0 aromatic carbocycles. The van der Waals surface area contributed by atoms with Gasteiger partial charge in [0.25, 0.3) is 0 Å². The smallest absolute Gasteiger partial charge is 0.107 e. The first-order valence-electron chi connectivity index (χ1n) is 4.04. The van der Waals surface area contributed by atoms with E-state index in [9.17, 15) is 0 Å². The van der Waals surface area contributed by atoms with E-state index in [1.807, 2.05) is 13.0 Å². The van der Waals surface area contributed by atoms with Crippen molar-refractivity contribution in [1.82, 2.24) is 0 Å². The molecule has 0 aromatic heterocycles. The Bertz CT molecular complexity index is 272. The lowest BCUT2D eigenvalue weighted by atomic mass is 10.3. The van der Waals surface area contributed by atoms with Gasteiger partial charge in [-0.25, -0.2) is 4.99 Å². The lowest BCUT2D eigenvalue weighted by Crippen LogP contribution is -1.85. The fraction of sp³-hybridized carbons (Fsp3) is 0.300. The second kappa shape index (κ2) is 4.31. The fourth-order valence-electron chi connectivity index (χ4n) is 0.901. The van der Waals surface area contributed by atoms with Gasteiger partial charge in [-0.1, -0.05) is 31.3 Å². The molecule has 2 heteroatoms. The molecular formula is C10H13NS. The second-order valence-corrected chi connectivity index (χ2v) is 3.62. The molecule has 0 spiro atoms. The summed E-state index contributed by atoms with van der Waals surface area (Å²) in [5.41, 5.74) is 1.04. The molecule has 0 radical (unpaired) electrons. The minimum absolute atomic E-state index is 1.03. The van der Waals surface area contributed by atoms with Crippen LogP contribution in [0.3, 0.4) is 0 Å². The van der Waals surface area contributed by atoms with Crippen molar-refractivity contribution in [3.05, 3.63) is 35.4 Å². The molecule has 0 fully saturated rings. The summed E-state index contributed by atoms with van der Waals surface area (Å²) in [6.07, 6.45) is 6.90. The van der Waals surface area contributed by atoms with E-state index in [-0.39, 0.29) is 0 Å². The normalized spacial score (nSPS) is 21.0. The van der Waals surface area contributed by atoms with Crippen LogP contribution in [0.1, 0.15) is 20.3 Å². The first-order chi connectivity index (χ1) is 5.77. The van der Waals surface area contributed by atoms with E-state index in [2.05, 4.69) is 24.6 Å². The van der Waals surface area contributed by atoms with Crippen LogP contribution in [0, 0.1) is 0 Å². The lowest BCUT2D eigenvalue weighted by Gasteiger charge is -1.94. The summed E-state index contributed by atoms with van der Waals surface area (Å²) in [5.74, 6) is 0. The Morgan fingerprint density at radius 1 is 1.67 bits per heavy atom. The van der Waals surface area contributed by atoms with Gasteiger partial charge in [0.1, 0.15) is 5.04 Å². The molecular weight excluding hydrogens is 166 g/mol. The van der Waals surface area contributed by atoms with Crippen molar-refractivity contribution in [2.45, 2.75) is 20.3 Å². The maximum absolute atomic E-state index is 4.27. The summed E-state index contributed by atoms with van der Waals surface area (Å²) in [7, 11) is 0. The summed E-state index contributed by atoms with van der Waals surface area (Å²) < 4.78 is 0. The average molecular weight is 179 g/mol. The van der Waals surface area contributed by atoms with Crippen LogP contribution in [0.5, 0.6) is 0 Å². The summed E-state index contributed by atoms with van der Waals surface area (Å²) in [6, 6.07) is 0. The van der Waals surface area contributed by atoms with Crippen LogP contribution < -0.4 is 0 Å². The molecule has 1 aliphatic rings. The van der Waals surface area contributed by atoms with Crippen LogP contribution in [-0.4, -0.2) is 5.04 Å². The van der Waals surface area contributed by atoms with Crippen LogP contribution in [0.15, 0.2) is 40.4 Å². The molecule has 0 amide bonds. The third-order valence-corrected chi connectivity index (χ3v) is 2.76. The van der Waals surface area contributed by atoms with Crippen LogP contribution in [0.25, 0.3) is 0 Å². The molecule has 0 aromatic rings. The van der Waals surface area contributed by atoms with Crippen molar-refractivity contribution in [2.24, 2.45) is 4.99 Å². The van der Waals surface area contributed by atoms with Crippen molar-refractivity contribution in [1.29, 1.82) is 0 Å². The van der Waals surface area contributed by atoms with Crippen molar-refractivity contribution in [2.75, 3.05) is 0 Å².